The Balaban J connectivity index is 1.82. The van der Waals surface area contributed by atoms with Crippen molar-refractivity contribution in [1.82, 2.24) is 10.2 Å². The van der Waals surface area contributed by atoms with Gasteiger partial charge in [0.05, 0.1) is 0 Å². The molecule has 1 amide bonds. The van der Waals surface area contributed by atoms with Gasteiger partial charge < -0.3 is 4.74 Å². The van der Waals surface area contributed by atoms with Crippen LogP contribution >= 0.6 is 23.1 Å². The molecule has 0 unspecified atom stereocenters. The number of thioether (sulfide) groups is 1. The number of para-hydroxylation sites is 1. The van der Waals surface area contributed by atoms with Crippen molar-refractivity contribution in [2.75, 3.05) is 17.7 Å². The maximum atomic E-state index is 12.0. The number of carbonyl (C=O) groups excluding carboxylic acids is 1. The fraction of sp³-hybridized carbons (Fsp3) is 0.353. The highest BCUT2D eigenvalue weighted by Gasteiger charge is 2.10. The molecule has 1 heterocycles. The number of allylic oxidation sites excluding steroid dienone is 1. The van der Waals surface area contributed by atoms with Crippen LogP contribution < -0.4 is 10.1 Å². The second kappa shape index (κ2) is 10.1. The molecule has 0 aliphatic carbocycles. The van der Waals surface area contributed by atoms with Crippen LogP contribution in [0.3, 0.4) is 0 Å². The SMILES string of the molecule is C=CCc1ccccc1OCC(=O)Nc1nnc(SCCCC)s1. The maximum absolute atomic E-state index is 12.0. The summed E-state index contributed by atoms with van der Waals surface area (Å²) in [6.45, 7) is 5.82. The molecule has 1 aromatic carbocycles. The average molecular weight is 364 g/mol. The summed E-state index contributed by atoms with van der Waals surface area (Å²) in [6, 6.07) is 7.62. The number of aromatic nitrogens is 2. The van der Waals surface area contributed by atoms with Crippen LogP contribution in [0.25, 0.3) is 0 Å². The third-order valence-electron chi connectivity index (χ3n) is 3.07. The van der Waals surface area contributed by atoms with E-state index in [0.29, 0.717) is 17.3 Å². The Morgan fingerprint density at radius 3 is 3.04 bits per heavy atom. The zero-order chi connectivity index (χ0) is 17.2. The van der Waals surface area contributed by atoms with Crippen LogP contribution in [0.4, 0.5) is 5.13 Å². The van der Waals surface area contributed by atoms with E-state index in [4.69, 9.17) is 4.74 Å². The van der Waals surface area contributed by atoms with Crippen molar-refractivity contribution in [3.05, 3.63) is 42.5 Å². The van der Waals surface area contributed by atoms with Crippen LogP contribution in [0, 0.1) is 0 Å². The quantitative estimate of drug-likeness (QED) is 0.297. The summed E-state index contributed by atoms with van der Waals surface area (Å²) in [7, 11) is 0. The van der Waals surface area contributed by atoms with Crippen LogP contribution in [0.2, 0.25) is 0 Å². The zero-order valence-corrected chi connectivity index (χ0v) is 15.3. The van der Waals surface area contributed by atoms with Crippen LogP contribution in [-0.4, -0.2) is 28.5 Å². The number of nitrogens with zero attached hydrogens (tertiary/aromatic N) is 2. The lowest BCUT2D eigenvalue weighted by atomic mass is 10.1. The largest absolute Gasteiger partial charge is 0.483 e. The van der Waals surface area contributed by atoms with Gasteiger partial charge in [-0.05, 0) is 24.5 Å². The van der Waals surface area contributed by atoms with Gasteiger partial charge in [-0.25, -0.2) is 0 Å². The van der Waals surface area contributed by atoms with Gasteiger partial charge in [-0.3, -0.25) is 10.1 Å². The molecular weight excluding hydrogens is 342 g/mol. The predicted molar refractivity (Wildman–Crippen MR) is 100 cm³/mol. The lowest BCUT2D eigenvalue weighted by molar-refractivity contribution is -0.118. The first-order valence-electron chi connectivity index (χ1n) is 7.80. The second-order valence-electron chi connectivity index (χ2n) is 5.01. The minimum atomic E-state index is -0.246. The monoisotopic (exact) mass is 363 g/mol. The summed E-state index contributed by atoms with van der Waals surface area (Å²) < 4.78 is 6.47. The highest BCUT2D eigenvalue weighted by atomic mass is 32.2. The molecule has 5 nitrogen and oxygen atoms in total. The van der Waals surface area contributed by atoms with Crippen molar-refractivity contribution in [1.29, 1.82) is 0 Å². The smallest absolute Gasteiger partial charge is 0.264 e. The maximum Gasteiger partial charge on any atom is 0.264 e. The minimum Gasteiger partial charge on any atom is -0.483 e. The van der Waals surface area contributed by atoms with E-state index in [-0.39, 0.29) is 12.5 Å². The van der Waals surface area contributed by atoms with E-state index < -0.39 is 0 Å². The van der Waals surface area contributed by atoms with Gasteiger partial charge in [-0.2, -0.15) is 0 Å². The van der Waals surface area contributed by atoms with Gasteiger partial charge in [-0.1, -0.05) is 60.7 Å². The zero-order valence-electron chi connectivity index (χ0n) is 13.7. The molecule has 0 bridgehead atoms. The number of hydrogen-bond donors (Lipinski definition) is 1. The van der Waals surface area contributed by atoms with Gasteiger partial charge in [-0.15, -0.1) is 16.8 Å². The van der Waals surface area contributed by atoms with E-state index in [0.717, 1.165) is 28.5 Å². The van der Waals surface area contributed by atoms with E-state index in [1.807, 2.05) is 24.3 Å². The first-order chi connectivity index (χ1) is 11.7. The highest BCUT2D eigenvalue weighted by Crippen LogP contribution is 2.26. The third kappa shape index (κ3) is 5.98. The number of nitrogens with one attached hydrogen (secondary N) is 1. The number of ether oxygens (including phenoxy) is 1. The van der Waals surface area contributed by atoms with E-state index in [1.165, 1.54) is 11.3 Å². The van der Waals surface area contributed by atoms with Crippen LogP contribution in [0.5, 0.6) is 5.75 Å². The fourth-order valence-corrected chi connectivity index (χ4v) is 3.81. The first-order valence-corrected chi connectivity index (χ1v) is 9.61. The summed E-state index contributed by atoms with van der Waals surface area (Å²) in [5.41, 5.74) is 1.01. The van der Waals surface area contributed by atoms with Gasteiger partial charge in [0, 0.05) is 5.75 Å². The van der Waals surface area contributed by atoms with Crippen LogP contribution in [0.15, 0.2) is 41.3 Å². The molecule has 128 valence electrons. The Morgan fingerprint density at radius 2 is 2.25 bits per heavy atom. The summed E-state index contributed by atoms with van der Waals surface area (Å²) in [5, 5.41) is 11.3. The normalized spacial score (nSPS) is 10.4. The van der Waals surface area contributed by atoms with Crippen LogP contribution in [0.1, 0.15) is 25.3 Å². The van der Waals surface area contributed by atoms with Crippen LogP contribution in [-0.2, 0) is 11.2 Å². The van der Waals surface area contributed by atoms with E-state index in [2.05, 4.69) is 29.0 Å². The molecular formula is C17H21N3O2S2. The molecule has 7 heteroatoms. The molecule has 24 heavy (non-hydrogen) atoms. The Bertz CT molecular complexity index is 673. The minimum absolute atomic E-state index is 0.0634. The van der Waals surface area contributed by atoms with Crippen molar-refractivity contribution in [3.8, 4) is 5.75 Å². The molecule has 0 saturated carbocycles. The Kier molecular flexibility index (Phi) is 7.77. The number of unbranched alkanes of at least 4 members (excludes halogenated alkanes) is 1. The Morgan fingerprint density at radius 1 is 1.42 bits per heavy atom. The molecule has 0 spiro atoms. The summed E-state index contributed by atoms with van der Waals surface area (Å²) >= 11 is 3.05. The number of hydrogen-bond acceptors (Lipinski definition) is 6. The van der Waals surface area contributed by atoms with E-state index >= 15 is 0 Å². The summed E-state index contributed by atoms with van der Waals surface area (Å²) in [5.74, 6) is 1.47. The number of amides is 1. The van der Waals surface area contributed by atoms with Crippen molar-refractivity contribution in [2.45, 2.75) is 30.5 Å². The third-order valence-corrected chi connectivity index (χ3v) is 5.13. The molecule has 2 aromatic rings. The molecule has 0 aliphatic rings. The molecule has 0 saturated heterocycles. The number of benzene rings is 1. The number of carbonyl (C=O) groups is 1. The predicted octanol–water partition coefficient (Wildman–Crippen LogP) is 4.18. The summed E-state index contributed by atoms with van der Waals surface area (Å²) in [4.78, 5) is 12.0. The Hall–Kier alpha value is -1.86. The first kappa shape index (κ1) is 18.5. The van der Waals surface area contributed by atoms with Crippen molar-refractivity contribution in [2.24, 2.45) is 0 Å². The molecule has 2 rings (SSSR count). The molecule has 1 aromatic heterocycles. The molecule has 0 radical (unpaired) electrons. The average Bonchev–Trinajstić information content (AvgIpc) is 3.02. The Labute approximate surface area is 150 Å². The summed E-state index contributed by atoms with van der Waals surface area (Å²) in [6.07, 6.45) is 4.80. The number of rotatable bonds is 10. The van der Waals surface area contributed by atoms with E-state index in [1.54, 1.807) is 17.8 Å². The standard InChI is InChI=1S/C17H21N3O2S2/c1-3-5-11-23-17-20-19-16(24-17)18-15(21)12-22-14-10-7-6-9-13(14)8-4-2/h4,6-7,9-10H,2-3,5,8,11-12H2,1H3,(H,18,19,21). The van der Waals surface area contributed by atoms with Crippen molar-refractivity contribution >= 4 is 34.1 Å². The lowest BCUT2D eigenvalue weighted by Crippen LogP contribution is -2.20. The van der Waals surface area contributed by atoms with Crippen molar-refractivity contribution < 1.29 is 9.53 Å². The molecule has 0 fully saturated rings. The van der Waals surface area contributed by atoms with E-state index in [9.17, 15) is 4.79 Å². The molecule has 1 N–H and O–H groups in total. The topological polar surface area (TPSA) is 64.1 Å². The molecule has 0 aliphatic heterocycles. The van der Waals surface area contributed by atoms with Gasteiger partial charge in [0.2, 0.25) is 5.13 Å². The van der Waals surface area contributed by atoms with Gasteiger partial charge >= 0.3 is 0 Å². The van der Waals surface area contributed by atoms with Crippen molar-refractivity contribution in [3.63, 3.8) is 0 Å². The highest BCUT2D eigenvalue weighted by molar-refractivity contribution is 8.01. The molecule has 0 atom stereocenters. The van der Waals surface area contributed by atoms with Gasteiger partial charge in [0.1, 0.15) is 5.75 Å². The number of anilines is 1. The lowest BCUT2D eigenvalue weighted by Gasteiger charge is -2.09. The second-order valence-corrected chi connectivity index (χ2v) is 7.33. The van der Waals surface area contributed by atoms with Gasteiger partial charge in [0.25, 0.3) is 5.91 Å². The fourth-order valence-electron chi connectivity index (χ4n) is 1.89. The van der Waals surface area contributed by atoms with Gasteiger partial charge in [0.15, 0.2) is 10.9 Å².